The summed E-state index contributed by atoms with van der Waals surface area (Å²) in [6.07, 6.45) is 3.12. The molecule has 4 aromatic rings. The Bertz CT molecular complexity index is 1080. The van der Waals surface area contributed by atoms with Crippen LogP contribution in [0.25, 0.3) is 22.4 Å². The zero-order valence-corrected chi connectivity index (χ0v) is 16.6. The summed E-state index contributed by atoms with van der Waals surface area (Å²) >= 11 is 0. The Labute approximate surface area is 167 Å². The van der Waals surface area contributed by atoms with Crippen LogP contribution in [0, 0.1) is 6.92 Å². The fraction of sp³-hybridized carbons (Fsp3) is 0.154. The van der Waals surface area contributed by atoms with Gasteiger partial charge in [0, 0.05) is 18.8 Å². The van der Waals surface area contributed by atoms with Crippen molar-refractivity contribution in [2.75, 3.05) is 7.11 Å². The van der Waals surface area contributed by atoms with E-state index in [2.05, 4.69) is 97.5 Å². The van der Waals surface area contributed by atoms with Gasteiger partial charge in [-0.25, -0.2) is 0 Å². The molecule has 4 rings (SSSR count). The van der Waals surface area contributed by atoms with Crippen molar-refractivity contribution >= 4 is 0 Å². The molecule has 0 unspecified atom stereocenters. The summed E-state index contributed by atoms with van der Waals surface area (Å²) in [6, 6.07) is 27.8. The molecule has 28 heavy (non-hydrogen) atoms. The van der Waals surface area contributed by atoms with E-state index in [0.717, 1.165) is 12.2 Å². The summed E-state index contributed by atoms with van der Waals surface area (Å²) in [6.45, 7) is 2.13. The fourth-order valence-electron chi connectivity index (χ4n) is 3.81. The van der Waals surface area contributed by atoms with Crippen LogP contribution in [0.3, 0.4) is 0 Å². The van der Waals surface area contributed by atoms with Gasteiger partial charge in [-0.15, -0.1) is 0 Å². The van der Waals surface area contributed by atoms with Crippen LogP contribution in [0.4, 0.5) is 0 Å². The van der Waals surface area contributed by atoms with Gasteiger partial charge < -0.3 is 9.30 Å². The molecule has 0 aliphatic heterocycles. The maximum atomic E-state index is 5.41. The molecule has 2 nitrogen and oxygen atoms in total. The van der Waals surface area contributed by atoms with E-state index in [-0.39, 0.29) is 0 Å². The van der Waals surface area contributed by atoms with Crippen LogP contribution in [0.5, 0.6) is 5.75 Å². The van der Waals surface area contributed by atoms with Crippen LogP contribution in [0.2, 0.25) is 0 Å². The van der Waals surface area contributed by atoms with Crippen LogP contribution in [0.1, 0.15) is 16.7 Å². The Kier molecular flexibility index (Phi) is 5.03. The lowest BCUT2D eigenvalue weighted by molar-refractivity contribution is 0.414. The van der Waals surface area contributed by atoms with Crippen molar-refractivity contribution in [1.29, 1.82) is 0 Å². The summed E-state index contributed by atoms with van der Waals surface area (Å²) < 4.78 is 7.66. The molecular weight excluding hydrogens is 342 g/mol. The van der Waals surface area contributed by atoms with Gasteiger partial charge in [-0.3, -0.25) is 0 Å². The molecule has 0 aliphatic rings. The van der Waals surface area contributed by atoms with E-state index in [1.54, 1.807) is 7.11 Å². The van der Waals surface area contributed by atoms with Crippen molar-refractivity contribution in [2.24, 2.45) is 7.05 Å². The van der Waals surface area contributed by atoms with Gasteiger partial charge in [-0.05, 0) is 47.7 Å². The van der Waals surface area contributed by atoms with Crippen LogP contribution in [0.15, 0.2) is 85.1 Å². The highest BCUT2D eigenvalue weighted by Gasteiger charge is 2.18. The van der Waals surface area contributed by atoms with Gasteiger partial charge in [0.2, 0.25) is 0 Å². The van der Waals surface area contributed by atoms with Crippen molar-refractivity contribution in [2.45, 2.75) is 13.3 Å². The summed E-state index contributed by atoms with van der Waals surface area (Å²) in [5.41, 5.74) is 8.88. The summed E-state index contributed by atoms with van der Waals surface area (Å²) in [5, 5.41) is 0. The molecule has 0 spiro atoms. The second-order valence-corrected chi connectivity index (χ2v) is 7.25. The predicted octanol–water partition coefficient (Wildman–Crippen LogP) is 6.27. The van der Waals surface area contributed by atoms with Crippen LogP contribution >= 0.6 is 0 Å². The maximum Gasteiger partial charge on any atom is 0.119 e. The first-order chi connectivity index (χ1) is 13.7. The summed E-state index contributed by atoms with van der Waals surface area (Å²) in [4.78, 5) is 0. The summed E-state index contributed by atoms with van der Waals surface area (Å²) in [5.74, 6) is 0.897. The Hall–Kier alpha value is -3.26. The third-order valence-electron chi connectivity index (χ3n) is 5.18. The zero-order chi connectivity index (χ0) is 19.5. The van der Waals surface area contributed by atoms with Gasteiger partial charge in [0.15, 0.2) is 0 Å². The lowest BCUT2D eigenvalue weighted by Gasteiger charge is -2.11. The van der Waals surface area contributed by atoms with Gasteiger partial charge in [-0.2, -0.15) is 0 Å². The third-order valence-corrected chi connectivity index (χ3v) is 5.18. The Morgan fingerprint density at radius 1 is 0.821 bits per heavy atom. The first-order valence-corrected chi connectivity index (χ1v) is 9.59. The highest BCUT2D eigenvalue weighted by molar-refractivity contribution is 5.84. The molecule has 0 bridgehead atoms. The summed E-state index contributed by atoms with van der Waals surface area (Å²) in [7, 11) is 3.85. The minimum atomic E-state index is 0.862. The molecule has 0 amide bonds. The molecule has 0 saturated carbocycles. The molecule has 0 radical (unpaired) electrons. The first kappa shape index (κ1) is 18.1. The lowest BCUT2D eigenvalue weighted by atomic mass is 9.94. The molecule has 0 N–H and O–H groups in total. The average molecular weight is 367 g/mol. The average Bonchev–Trinajstić information content (AvgIpc) is 3.05. The number of rotatable bonds is 5. The van der Waals surface area contributed by atoms with Crippen molar-refractivity contribution in [3.63, 3.8) is 0 Å². The molecule has 0 atom stereocenters. The van der Waals surface area contributed by atoms with Crippen molar-refractivity contribution in [1.82, 2.24) is 4.57 Å². The number of hydrogen-bond donors (Lipinski definition) is 0. The number of nitrogens with zero attached hydrogens (tertiary/aromatic N) is 1. The number of benzene rings is 3. The van der Waals surface area contributed by atoms with E-state index in [0.29, 0.717) is 0 Å². The van der Waals surface area contributed by atoms with Gasteiger partial charge in [-0.1, -0.05) is 72.3 Å². The molecule has 3 aromatic carbocycles. The van der Waals surface area contributed by atoms with E-state index < -0.39 is 0 Å². The van der Waals surface area contributed by atoms with Gasteiger partial charge in [0.25, 0.3) is 0 Å². The van der Waals surface area contributed by atoms with E-state index in [1.807, 2.05) is 6.07 Å². The second-order valence-electron chi connectivity index (χ2n) is 7.25. The molecule has 2 heteroatoms. The van der Waals surface area contributed by atoms with Gasteiger partial charge >= 0.3 is 0 Å². The van der Waals surface area contributed by atoms with Crippen molar-refractivity contribution in [3.8, 4) is 28.1 Å². The molecule has 1 aromatic heterocycles. The normalized spacial score (nSPS) is 10.8. The molecule has 0 saturated heterocycles. The van der Waals surface area contributed by atoms with Crippen LogP contribution in [-0.4, -0.2) is 11.7 Å². The van der Waals surface area contributed by atoms with Gasteiger partial charge in [0.05, 0.1) is 12.8 Å². The number of ether oxygens (including phenoxy) is 1. The van der Waals surface area contributed by atoms with Crippen LogP contribution < -0.4 is 4.74 Å². The fourth-order valence-corrected chi connectivity index (χ4v) is 3.81. The van der Waals surface area contributed by atoms with E-state index >= 15 is 0 Å². The number of methoxy groups -OCH3 is 1. The molecule has 1 heterocycles. The molecule has 0 aliphatic carbocycles. The van der Waals surface area contributed by atoms with E-state index in [4.69, 9.17) is 4.74 Å². The standard InChI is InChI=1S/C26H25NO/c1-19-12-14-21(15-13-19)25-23(16-20-8-7-11-24(17-20)28-3)18-27(2)26(25)22-9-5-4-6-10-22/h4-15,17-18H,16H2,1-3H3. The first-order valence-electron chi connectivity index (χ1n) is 9.59. The van der Waals surface area contributed by atoms with E-state index in [1.165, 1.54) is 39.1 Å². The Balaban J connectivity index is 1.87. The molecule has 140 valence electrons. The molecular formula is C26H25NO. The third kappa shape index (κ3) is 3.59. The highest BCUT2D eigenvalue weighted by atomic mass is 16.5. The quantitative estimate of drug-likeness (QED) is 0.406. The molecule has 0 fully saturated rings. The Morgan fingerprint density at radius 2 is 1.57 bits per heavy atom. The van der Waals surface area contributed by atoms with Gasteiger partial charge in [0.1, 0.15) is 5.75 Å². The predicted molar refractivity (Wildman–Crippen MR) is 117 cm³/mol. The largest absolute Gasteiger partial charge is 0.497 e. The zero-order valence-electron chi connectivity index (χ0n) is 16.6. The number of aryl methyl sites for hydroxylation is 2. The SMILES string of the molecule is COc1cccc(Cc2cn(C)c(-c3ccccc3)c2-c2ccc(C)cc2)c1. The minimum absolute atomic E-state index is 0.862. The van der Waals surface area contributed by atoms with Crippen molar-refractivity contribution < 1.29 is 4.74 Å². The van der Waals surface area contributed by atoms with Crippen molar-refractivity contribution in [3.05, 3.63) is 102 Å². The van der Waals surface area contributed by atoms with Crippen LogP contribution in [-0.2, 0) is 13.5 Å². The number of aromatic nitrogens is 1. The lowest BCUT2D eigenvalue weighted by Crippen LogP contribution is -1.92. The number of hydrogen-bond acceptors (Lipinski definition) is 1. The topological polar surface area (TPSA) is 14.2 Å². The smallest absolute Gasteiger partial charge is 0.119 e. The highest BCUT2D eigenvalue weighted by Crippen LogP contribution is 2.37. The Morgan fingerprint density at radius 3 is 2.29 bits per heavy atom. The minimum Gasteiger partial charge on any atom is -0.497 e. The second kappa shape index (κ2) is 7.77. The monoisotopic (exact) mass is 367 g/mol. The van der Waals surface area contributed by atoms with E-state index in [9.17, 15) is 0 Å². The maximum absolute atomic E-state index is 5.41.